The third kappa shape index (κ3) is 5.75. The van der Waals surface area contributed by atoms with Crippen molar-refractivity contribution in [2.24, 2.45) is 0 Å². The first-order valence-electron chi connectivity index (χ1n) is 10.2. The zero-order valence-corrected chi connectivity index (χ0v) is 21.3. The van der Waals surface area contributed by atoms with Gasteiger partial charge in [-0.1, -0.05) is 54.9 Å². The van der Waals surface area contributed by atoms with Crippen molar-refractivity contribution < 1.29 is 22.7 Å². The number of nitrogens with zero attached hydrogens (tertiary/aromatic N) is 1. The summed E-state index contributed by atoms with van der Waals surface area (Å²) in [4.78, 5) is 13.3. The molecule has 33 heavy (non-hydrogen) atoms. The van der Waals surface area contributed by atoms with Crippen molar-refractivity contribution in [1.82, 2.24) is 0 Å². The number of carbonyl (C=O) groups is 1. The van der Waals surface area contributed by atoms with Gasteiger partial charge in [0.1, 0.15) is 11.5 Å². The molecule has 0 N–H and O–H groups in total. The Labute approximate surface area is 203 Å². The Bertz CT molecular complexity index is 1220. The Hall–Kier alpha value is -2.84. The maximum atomic E-state index is 13.4. The van der Waals surface area contributed by atoms with Crippen LogP contribution in [0.5, 0.6) is 11.5 Å². The van der Waals surface area contributed by atoms with Gasteiger partial charge in [-0.15, -0.1) is 0 Å². The topological polar surface area (TPSA) is 72.9 Å². The lowest BCUT2D eigenvalue weighted by Crippen LogP contribution is -2.40. The van der Waals surface area contributed by atoms with Gasteiger partial charge in [0.05, 0.1) is 17.7 Å². The normalized spacial score (nSPS) is 11.7. The van der Waals surface area contributed by atoms with Gasteiger partial charge in [0.2, 0.25) is 0 Å². The molecule has 0 heterocycles. The van der Waals surface area contributed by atoms with E-state index in [1.54, 1.807) is 36.4 Å². The molecular weight excluding hydrogens is 506 g/mol. The molecular formula is C25H26BrNO5S. The summed E-state index contributed by atoms with van der Waals surface area (Å²) in [7, 11) is -2.66. The Balaban J connectivity index is 1.97. The van der Waals surface area contributed by atoms with Gasteiger partial charge in [-0.3, -0.25) is 4.79 Å². The molecule has 0 aromatic heterocycles. The fourth-order valence-electron chi connectivity index (χ4n) is 3.24. The zero-order valence-electron chi connectivity index (χ0n) is 18.9. The fourth-order valence-corrected chi connectivity index (χ4v) is 5.04. The predicted octanol–water partition coefficient (Wildman–Crippen LogP) is 5.56. The molecule has 6 nitrogen and oxygen atoms in total. The fraction of sp³-hybridized carbons (Fsp3) is 0.240. The minimum absolute atomic E-state index is 0.00758. The molecule has 3 aromatic rings. The standard InChI is InChI=1S/C25H26BrNO5S/c1-25(2,3)22-16-18(26)10-15-23(22)32-17-24(28)27(19-11-13-20(31-4)14-12-19)33(29,30)21-8-6-5-7-9-21/h5-16H,17H2,1-4H3. The number of rotatable bonds is 7. The molecule has 0 atom stereocenters. The van der Waals surface area contributed by atoms with Crippen LogP contribution in [0.25, 0.3) is 0 Å². The third-order valence-corrected chi connectivity index (χ3v) is 7.17. The summed E-state index contributed by atoms with van der Waals surface area (Å²) in [6, 6.07) is 19.6. The number of methoxy groups -OCH3 is 1. The molecule has 3 rings (SSSR count). The molecule has 0 fully saturated rings. The highest BCUT2D eigenvalue weighted by atomic mass is 79.9. The number of halogens is 1. The number of benzene rings is 3. The average Bonchev–Trinajstić information content (AvgIpc) is 2.78. The number of hydrogen-bond acceptors (Lipinski definition) is 5. The second kappa shape index (κ2) is 9.97. The lowest BCUT2D eigenvalue weighted by molar-refractivity contribution is -0.119. The van der Waals surface area contributed by atoms with Crippen LogP contribution in [0.4, 0.5) is 5.69 Å². The van der Waals surface area contributed by atoms with Crippen molar-refractivity contribution in [2.45, 2.75) is 31.1 Å². The molecule has 0 aliphatic heterocycles. The summed E-state index contributed by atoms with van der Waals surface area (Å²) in [5, 5.41) is 0. The van der Waals surface area contributed by atoms with Gasteiger partial charge < -0.3 is 9.47 Å². The molecule has 174 valence electrons. The second-order valence-electron chi connectivity index (χ2n) is 8.35. The van der Waals surface area contributed by atoms with E-state index in [9.17, 15) is 13.2 Å². The molecule has 8 heteroatoms. The largest absolute Gasteiger partial charge is 0.497 e. The minimum Gasteiger partial charge on any atom is -0.497 e. The van der Waals surface area contributed by atoms with Crippen molar-refractivity contribution >= 4 is 37.5 Å². The van der Waals surface area contributed by atoms with Gasteiger partial charge in [-0.2, -0.15) is 4.31 Å². The van der Waals surface area contributed by atoms with Crippen molar-refractivity contribution in [1.29, 1.82) is 0 Å². The van der Waals surface area contributed by atoms with Crippen LogP contribution in [0, 0.1) is 0 Å². The van der Waals surface area contributed by atoms with E-state index in [1.807, 2.05) is 32.9 Å². The van der Waals surface area contributed by atoms with E-state index in [-0.39, 0.29) is 16.0 Å². The third-order valence-electron chi connectivity index (χ3n) is 4.92. The van der Waals surface area contributed by atoms with Gasteiger partial charge in [0.25, 0.3) is 15.9 Å². The summed E-state index contributed by atoms with van der Waals surface area (Å²) >= 11 is 3.47. The summed E-state index contributed by atoms with van der Waals surface area (Å²) in [5.41, 5.74) is 0.847. The highest BCUT2D eigenvalue weighted by molar-refractivity contribution is 9.10. The Morgan fingerprint density at radius 3 is 2.18 bits per heavy atom. The maximum Gasteiger partial charge on any atom is 0.278 e. The molecule has 0 aliphatic rings. The Morgan fingerprint density at radius 2 is 1.61 bits per heavy atom. The van der Waals surface area contributed by atoms with Crippen molar-refractivity contribution in [2.75, 3.05) is 18.0 Å². The molecule has 0 saturated heterocycles. The van der Waals surface area contributed by atoms with Gasteiger partial charge >= 0.3 is 0 Å². The van der Waals surface area contributed by atoms with Crippen LogP contribution < -0.4 is 13.8 Å². The van der Waals surface area contributed by atoms with Crippen LogP contribution in [0.1, 0.15) is 26.3 Å². The molecule has 0 radical (unpaired) electrons. The number of sulfonamides is 1. The second-order valence-corrected chi connectivity index (χ2v) is 11.1. The maximum absolute atomic E-state index is 13.4. The first-order chi connectivity index (χ1) is 15.5. The Kier molecular flexibility index (Phi) is 7.49. The van der Waals surface area contributed by atoms with Gasteiger partial charge in [-0.25, -0.2) is 8.42 Å². The monoisotopic (exact) mass is 531 g/mol. The van der Waals surface area contributed by atoms with Crippen LogP contribution >= 0.6 is 15.9 Å². The van der Waals surface area contributed by atoms with Crippen molar-refractivity contribution in [3.8, 4) is 11.5 Å². The van der Waals surface area contributed by atoms with Crippen molar-refractivity contribution in [3.63, 3.8) is 0 Å². The quantitative estimate of drug-likeness (QED) is 0.399. The molecule has 3 aromatic carbocycles. The van der Waals surface area contributed by atoms with E-state index < -0.39 is 22.5 Å². The van der Waals surface area contributed by atoms with Crippen LogP contribution in [0.2, 0.25) is 0 Å². The van der Waals surface area contributed by atoms with E-state index in [2.05, 4.69) is 15.9 Å². The number of amides is 1. The summed E-state index contributed by atoms with van der Waals surface area (Å²) < 4.78 is 39.5. The minimum atomic E-state index is -4.17. The lowest BCUT2D eigenvalue weighted by atomic mass is 9.86. The van der Waals surface area contributed by atoms with E-state index >= 15 is 0 Å². The van der Waals surface area contributed by atoms with E-state index in [0.29, 0.717) is 11.5 Å². The van der Waals surface area contributed by atoms with E-state index in [1.165, 1.54) is 31.4 Å². The zero-order chi connectivity index (χ0) is 24.2. The van der Waals surface area contributed by atoms with E-state index in [4.69, 9.17) is 9.47 Å². The number of anilines is 1. The number of carbonyl (C=O) groups excluding carboxylic acids is 1. The number of ether oxygens (including phenoxy) is 2. The van der Waals surface area contributed by atoms with Gasteiger partial charge in [0.15, 0.2) is 6.61 Å². The van der Waals surface area contributed by atoms with Crippen LogP contribution in [-0.2, 0) is 20.2 Å². The highest BCUT2D eigenvalue weighted by Crippen LogP contribution is 2.34. The van der Waals surface area contributed by atoms with Crippen molar-refractivity contribution in [3.05, 3.63) is 82.8 Å². The molecule has 0 bridgehead atoms. The van der Waals surface area contributed by atoms with Crippen LogP contribution in [0.15, 0.2) is 82.2 Å². The average molecular weight is 532 g/mol. The van der Waals surface area contributed by atoms with Crippen LogP contribution in [0.3, 0.4) is 0 Å². The van der Waals surface area contributed by atoms with Gasteiger partial charge in [-0.05, 0) is 60.0 Å². The SMILES string of the molecule is COc1ccc(N(C(=O)COc2ccc(Br)cc2C(C)(C)C)S(=O)(=O)c2ccccc2)cc1. The summed E-state index contributed by atoms with van der Waals surface area (Å²) in [5.74, 6) is 0.349. The number of hydrogen-bond donors (Lipinski definition) is 0. The lowest BCUT2D eigenvalue weighted by Gasteiger charge is -2.25. The predicted molar refractivity (Wildman–Crippen MR) is 132 cm³/mol. The molecule has 1 amide bonds. The van der Waals surface area contributed by atoms with Crippen LogP contribution in [-0.4, -0.2) is 28.0 Å². The first kappa shape index (κ1) is 24.8. The summed E-state index contributed by atoms with van der Waals surface area (Å²) in [6.45, 7) is 5.65. The summed E-state index contributed by atoms with van der Waals surface area (Å²) in [6.07, 6.45) is 0. The van der Waals surface area contributed by atoms with Gasteiger partial charge in [0, 0.05) is 10.0 Å². The molecule has 0 unspecified atom stereocenters. The Morgan fingerprint density at radius 1 is 0.970 bits per heavy atom. The van der Waals surface area contributed by atoms with E-state index in [0.717, 1.165) is 14.3 Å². The smallest absolute Gasteiger partial charge is 0.278 e. The molecule has 0 spiro atoms. The molecule has 0 saturated carbocycles. The molecule has 0 aliphatic carbocycles. The first-order valence-corrected chi connectivity index (χ1v) is 12.5. The highest BCUT2D eigenvalue weighted by Gasteiger charge is 2.32.